The van der Waals surface area contributed by atoms with Gasteiger partial charge in [0.25, 0.3) is 0 Å². The van der Waals surface area contributed by atoms with Crippen LogP contribution in [0.2, 0.25) is 0 Å². The first-order chi connectivity index (χ1) is 11.7. The van der Waals surface area contributed by atoms with Gasteiger partial charge in [0.2, 0.25) is 0 Å². The van der Waals surface area contributed by atoms with Gasteiger partial charge in [0.15, 0.2) is 0 Å². The summed E-state index contributed by atoms with van der Waals surface area (Å²) < 4.78 is 0. The molecule has 2 heteroatoms. The molecule has 2 aromatic rings. The van der Waals surface area contributed by atoms with E-state index < -0.39 is 12.2 Å². The van der Waals surface area contributed by atoms with Gasteiger partial charge in [-0.3, -0.25) is 0 Å². The van der Waals surface area contributed by atoms with E-state index in [1.54, 1.807) is 12.2 Å². The van der Waals surface area contributed by atoms with Crippen molar-refractivity contribution in [1.82, 2.24) is 0 Å². The molecule has 0 aliphatic rings. The molecule has 0 heterocycles. The van der Waals surface area contributed by atoms with Gasteiger partial charge in [-0.05, 0) is 24.0 Å². The third kappa shape index (κ3) is 4.67. The molecule has 2 aromatic carbocycles. The summed E-state index contributed by atoms with van der Waals surface area (Å²) in [7, 11) is 0. The second-order valence-corrected chi connectivity index (χ2v) is 6.09. The molecule has 2 nitrogen and oxygen atoms in total. The van der Waals surface area contributed by atoms with E-state index in [4.69, 9.17) is 0 Å². The Morgan fingerprint density at radius 2 is 1.00 bits per heavy atom. The lowest BCUT2D eigenvalue weighted by Gasteiger charge is -2.24. The van der Waals surface area contributed by atoms with Crippen molar-refractivity contribution in [3.8, 4) is 0 Å². The number of hydrogen-bond acceptors (Lipinski definition) is 2. The summed E-state index contributed by atoms with van der Waals surface area (Å²) >= 11 is 0. The smallest absolute Gasteiger partial charge is 0.0852 e. The van der Waals surface area contributed by atoms with Crippen molar-refractivity contribution in [2.45, 2.75) is 25.0 Å². The molecule has 0 amide bonds. The van der Waals surface area contributed by atoms with Crippen molar-refractivity contribution in [2.24, 2.45) is 11.8 Å². The maximum absolute atomic E-state index is 10.6. The molecular weight excluding hydrogens is 296 g/mol. The molecule has 2 N–H and O–H groups in total. The van der Waals surface area contributed by atoms with Crippen molar-refractivity contribution in [3.05, 3.63) is 97.1 Å². The van der Waals surface area contributed by atoms with E-state index >= 15 is 0 Å². The summed E-state index contributed by atoms with van der Waals surface area (Å²) in [6.45, 7) is 7.73. The van der Waals surface area contributed by atoms with Crippen LogP contribution in [0.3, 0.4) is 0 Å². The van der Waals surface area contributed by atoms with E-state index in [-0.39, 0.29) is 11.8 Å². The second-order valence-electron chi connectivity index (χ2n) is 6.09. The van der Waals surface area contributed by atoms with Gasteiger partial charge in [0, 0.05) is 11.8 Å². The van der Waals surface area contributed by atoms with Crippen LogP contribution in [0.15, 0.2) is 86.0 Å². The Morgan fingerprint density at radius 1 is 0.667 bits per heavy atom. The molecule has 24 heavy (non-hydrogen) atoms. The molecule has 126 valence electrons. The zero-order valence-corrected chi connectivity index (χ0v) is 14.0. The summed E-state index contributed by atoms with van der Waals surface area (Å²) in [5.41, 5.74) is 1.78. The molecule has 2 rings (SSSR count). The molecule has 4 unspecified atom stereocenters. The standard InChI is InChI=1S/C22H26O2/c1-3-17(21(23)19-11-7-5-8-12-19)15-16-18(4-2)22(24)20-13-9-6-10-14-20/h3-14,17-18,21-24H,1-2,15-16H2. The Morgan fingerprint density at radius 3 is 1.29 bits per heavy atom. The third-order valence-electron chi connectivity index (χ3n) is 4.53. The highest BCUT2D eigenvalue weighted by atomic mass is 16.3. The van der Waals surface area contributed by atoms with Crippen molar-refractivity contribution in [2.75, 3.05) is 0 Å². The maximum Gasteiger partial charge on any atom is 0.0852 e. The number of aliphatic hydroxyl groups excluding tert-OH is 2. The number of aliphatic hydroxyl groups is 2. The quantitative estimate of drug-likeness (QED) is 0.649. The average molecular weight is 322 g/mol. The monoisotopic (exact) mass is 322 g/mol. The predicted molar refractivity (Wildman–Crippen MR) is 99.4 cm³/mol. The summed E-state index contributed by atoms with van der Waals surface area (Å²) in [4.78, 5) is 0. The van der Waals surface area contributed by atoms with E-state index in [9.17, 15) is 10.2 Å². The zero-order chi connectivity index (χ0) is 17.4. The molecule has 0 aromatic heterocycles. The SMILES string of the molecule is C=CC(CCC(C=C)C(O)c1ccccc1)C(O)c1ccccc1. The molecule has 0 saturated heterocycles. The normalized spacial score (nSPS) is 15.9. The maximum atomic E-state index is 10.6. The van der Waals surface area contributed by atoms with Gasteiger partial charge in [-0.1, -0.05) is 72.8 Å². The van der Waals surface area contributed by atoms with Crippen LogP contribution in [-0.4, -0.2) is 10.2 Å². The van der Waals surface area contributed by atoms with E-state index in [1.807, 2.05) is 60.7 Å². The van der Waals surface area contributed by atoms with Crippen LogP contribution in [0.25, 0.3) is 0 Å². The minimum absolute atomic E-state index is 0.0576. The Balaban J connectivity index is 2.00. The van der Waals surface area contributed by atoms with E-state index in [2.05, 4.69) is 13.2 Å². The van der Waals surface area contributed by atoms with Crippen LogP contribution >= 0.6 is 0 Å². The molecule has 0 saturated carbocycles. The first kappa shape index (κ1) is 18.2. The van der Waals surface area contributed by atoms with Crippen LogP contribution in [0.5, 0.6) is 0 Å². The second kappa shape index (κ2) is 9.21. The zero-order valence-electron chi connectivity index (χ0n) is 14.0. The molecule has 0 radical (unpaired) electrons. The number of benzene rings is 2. The van der Waals surface area contributed by atoms with Crippen LogP contribution in [-0.2, 0) is 0 Å². The van der Waals surface area contributed by atoms with E-state index in [0.717, 1.165) is 24.0 Å². The van der Waals surface area contributed by atoms with Gasteiger partial charge in [0.1, 0.15) is 0 Å². The fourth-order valence-corrected chi connectivity index (χ4v) is 2.99. The van der Waals surface area contributed by atoms with Gasteiger partial charge >= 0.3 is 0 Å². The highest BCUT2D eigenvalue weighted by molar-refractivity contribution is 5.20. The number of rotatable bonds is 9. The lowest BCUT2D eigenvalue weighted by Crippen LogP contribution is -2.15. The molecule has 0 aliphatic heterocycles. The van der Waals surface area contributed by atoms with Gasteiger partial charge < -0.3 is 10.2 Å². The average Bonchev–Trinajstić information content (AvgIpc) is 2.66. The summed E-state index contributed by atoms with van der Waals surface area (Å²) in [6, 6.07) is 19.2. The van der Waals surface area contributed by atoms with E-state index in [0.29, 0.717) is 0 Å². The Bertz CT molecular complexity index is 563. The molecule has 0 aliphatic carbocycles. The summed E-state index contributed by atoms with van der Waals surface area (Å²) in [5, 5.41) is 21.1. The van der Waals surface area contributed by atoms with Crippen LogP contribution in [0, 0.1) is 11.8 Å². The first-order valence-corrected chi connectivity index (χ1v) is 8.38. The van der Waals surface area contributed by atoms with Crippen LogP contribution < -0.4 is 0 Å². The molecule has 0 fully saturated rings. The fraction of sp³-hybridized carbons (Fsp3) is 0.273. The van der Waals surface area contributed by atoms with Crippen molar-refractivity contribution in [1.29, 1.82) is 0 Å². The summed E-state index contributed by atoms with van der Waals surface area (Å²) in [6.07, 6.45) is 3.91. The first-order valence-electron chi connectivity index (χ1n) is 8.38. The van der Waals surface area contributed by atoms with Crippen molar-refractivity contribution < 1.29 is 10.2 Å². The van der Waals surface area contributed by atoms with Gasteiger partial charge in [0.05, 0.1) is 12.2 Å². The van der Waals surface area contributed by atoms with Gasteiger partial charge in [-0.15, -0.1) is 13.2 Å². The Hall–Kier alpha value is -2.16. The Kier molecular flexibility index (Phi) is 6.98. The number of hydrogen-bond donors (Lipinski definition) is 2. The summed E-state index contributed by atoms with van der Waals surface area (Å²) in [5.74, 6) is -0.115. The Labute approximate surface area is 144 Å². The molecule has 4 atom stereocenters. The van der Waals surface area contributed by atoms with Crippen LogP contribution in [0.4, 0.5) is 0 Å². The highest BCUT2D eigenvalue weighted by Crippen LogP contribution is 2.32. The van der Waals surface area contributed by atoms with Crippen LogP contribution in [0.1, 0.15) is 36.2 Å². The fourth-order valence-electron chi connectivity index (χ4n) is 2.99. The van der Waals surface area contributed by atoms with E-state index in [1.165, 1.54) is 0 Å². The lowest BCUT2D eigenvalue weighted by molar-refractivity contribution is 0.101. The molecule has 0 bridgehead atoms. The predicted octanol–water partition coefficient (Wildman–Crippen LogP) is 4.84. The van der Waals surface area contributed by atoms with Gasteiger partial charge in [-0.25, -0.2) is 0 Å². The minimum atomic E-state index is -0.581. The van der Waals surface area contributed by atoms with Gasteiger partial charge in [-0.2, -0.15) is 0 Å². The highest BCUT2D eigenvalue weighted by Gasteiger charge is 2.22. The third-order valence-corrected chi connectivity index (χ3v) is 4.53. The topological polar surface area (TPSA) is 40.5 Å². The minimum Gasteiger partial charge on any atom is -0.388 e. The van der Waals surface area contributed by atoms with Crippen molar-refractivity contribution >= 4 is 0 Å². The molecule has 0 spiro atoms. The largest absolute Gasteiger partial charge is 0.388 e. The lowest BCUT2D eigenvalue weighted by atomic mass is 9.85. The van der Waals surface area contributed by atoms with Crippen molar-refractivity contribution in [3.63, 3.8) is 0 Å². The molecular formula is C22H26O2.